The Balaban J connectivity index is 2.30. The fraction of sp³-hybridized carbons (Fsp3) is 0.429. The summed E-state index contributed by atoms with van der Waals surface area (Å²) < 4.78 is 4.10. The molecule has 1 aliphatic rings. The Morgan fingerprint density at radius 3 is 2.78 bits per heavy atom. The van der Waals surface area contributed by atoms with Gasteiger partial charge in [0.05, 0.1) is 0 Å². The van der Waals surface area contributed by atoms with E-state index >= 15 is 0 Å². The molecule has 0 saturated carbocycles. The zero-order valence-corrected chi connectivity index (χ0v) is 9.48. The molecule has 2 heteroatoms. The molecule has 0 heterocycles. The van der Waals surface area contributed by atoms with Gasteiger partial charge in [-0.05, 0) is 0 Å². The van der Waals surface area contributed by atoms with E-state index in [9.17, 15) is 0 Å². The summed E-state index contributed by atoms with van der Waals surface area (Å²) in [5.74, 6) is 0. The normalized spacial score (nSPS) is 16.6. The van der Waals surface area contributed by atoms with Crippen LogP contribution in [0.1, 0.15) is 6.42 Å². The molecule has 0 amide bonds. The van der Waals surface area contributed by atoms with Crippen LogP contribution in [0.25, 0.3) is 0 Å². The van der Waals surface area contributed by atoms with E-state index in [1.165, 1.54) is 6.42 Å². The van der Waals surface area contributed by atoms with Gasteiger partial charge in [0, 0.05) is 0 Å². The molecule has 0 aliphatic heterocycles. The number of hydrogen-bond acceptors (Lipinski definition) is 1. The number of hydrogen-bond donors (Lipinski definition) is 0. The molecule has 0 fully saturated rings. The van der Waals surface area contributed by atoms with Gasteiger partial charge in [-0.25, -0.2) is 0 Å². The summed E-state index contributed by atoms with van der Waals surface area (Å²) in [7, 11) is 4.37. The Labute approximate surface area is 68.2 Å². The summed E-state index contributed by atoms with van der Waals surface area (Å²) in [6, 6.07) is 0. The summed E-state index contributed by atoms with van der Waals surface area (Å²) in [5.41, 5.74) is 0. The van der Waals surface area contributed by atoms with Gasteiger partial charge in [-0.15, -0.1) is 0 Å². The van der Waals surface area contributed by atoms with E-state index in [0.29, 0.717) is 0 Å². The Kier molecular flexibility index (Phi) is 2.86. The summed E-state index contributed by atoms with van der Waals surface area (Å²) in [5, 5.41) is 0. The van der Waals surface area contributed by atoms with Crippen molar-refractivity contribution in [3.63, 3.8) is 0 Å². The van der Waals surface area contributed by atoms with Crippen LogP contribution < -0.4 is 0 Å². The first kappa shape index (κ1) is 7.42. The van der Waals surface area contributed by atoms with Crippen molar-refractivity contribution in [1.82, 2.24) is 2.89 Å². The molecule has 0 spiro atoms. The van der Waals surface area contributed by atoms with Gasteiger partial charge < -0.3 is 0 Å². The minimum absolute atomic E-state index is 0.505. The van der Waals surface area contributed by atoms with Crippen LogP contribution >= 0.6 is 0 Å². The molecule has 0 aromatic rings. The average Bonchev–Trinajstić information content (AvgIpc) is 2.15. The van der Waals surface area contributed by atoms with Crippen molar-refractivity contribution >= 4 is 0 Å². The first-order valence-electron chi connectivity index (χ1n) is 3.09. The second kappa shape index (κ2) is 3.47. The van der Waals surface area contributed by atoms with E-state index in [2.05, 4.69) is 35.2 Å². The molecule has 0 atom stereocenters. The predicted octanol–water partition coefficient (Wildman–Crippen LogP) is 1.39. The van der Waals surface area contributed by atoms with Crippen LogP contribution in [0.15, 0.2) is 21.6 Å². The van der Waals surface area contributed by atoms with Crippen LogP contribution in [-0.4, -0.2) is 17.0 Å². The zero-order chi connectivity index (χ0) is 6.69. The van der Waals surface area contributed by atoms with Crippen LogP contribution in [0.3, 0.4) is 0 Å². The van der Waals surface area contributed by atoms with Crippen molar-refractivity contribution in [2.45, 2.75) is 6.42 Å². The monoisotopic (exact) mass is 289 g/mol. The van der Waals surface area contributed by atoms with Crippen LogP contribution in [0, 0.1) is 0 Å². The standard InChI is InChI=1S/C5H5.C2H6N.Hf/c1-2-4-5-3-1;1-3-2;/h1-3H,4H2;1-2H3;/q;-1;+1. The van der Waals surface area contributed by atoms with Gasteiger partial charge in [0.1, 0.15) is 0 Å². The second-order valence-electron chi connectivity index (χ2n) is 2.33. The molecule has 0 aromatic heterocycles. The molecule has 1 aliphatic carbocycles. The van der Waals surface area contributed by atoms with E-state index in [0.717, 1.165) is 0 Å². The van der Waals surface area contributed by atoms with Crippen molar-refractivity contribution in [3.8, 4) is 0 Å². The van der Waals surface area contributed by atoms with E-state index in [1.807, 2.05) is 0 Å². The third-order valence-corrected chi connectivity index (χ3v) is 5.11. The van der Waals surface area contributed by atoms with Crippen molar-refractivity contribution in [1.29, 1.82) is 0 Å². The van der Waals surface area contributed by atoms with Gasteiger partial charge >= 0.3 is 68.2 Å². The molecule has 48 valence electrons. The zero-order valence-electron chi connectivity index (χ0n) is 5.89. The van der Waals surface area contributed by atoms with E-state index in [-0.39, 0.29) is 0 Å². The van der Waals surface area contributed by atoms with Crippen molar-refractivity contribution < 1.29 is 23.2 Å². The molecule has 1 rings (SSSR count). The van der Waals surface area contributed by atoms with Crippen LogP contribution in [0.5, 0.6) is 0 Å². The average molecular weight is 288 g/mol. The van der Waals surface area contributed by atoms with Crippen molar-refractivity contribution in [2.24, 2.45) is 0 Å². The molecule has 0 saturated heterocycles. The van der Waals surface area contributed by atoms with Gasteiger partial charge in [-0.3, -0.25) is 0 Å². The van der Waals surface area contributed by atoms with Gasteiger partial charge in [0.15, 0.2) is 0 Å². The topological polar surface area (TPSA) is 3.24 Å². The van der Waals surface area contributed by atoms with Crippen LogP contribution in [-0.2, 0) is 23.2 Å². The first-order chi connectivity index (χ1) is 4.29. The number of rotatable bonds is 2. The Morgan fingerprint density at radius 2 is 2.33 bits per heavy atom. The van der Waals surface area contributed by atoms with Gasteiger partial charge in [-0.1, -0.05) is 0 Å². The van der Waals surface area contributed by atoms with E-state index in [4.69, 9.17) is 0 Å². The molecule has 0 radical (unpaired) electrons. The third kappa shape index (κ3) is 2.59. The van der Waals surface area contributed by atoms with E-state index in [1.54, 1.807) is 3.33 Å². The minimum atomic E-state index is -0.505. The molecular formula is C7H11HfN. The summed E-state index contributed by atoms with van der Waals surface area (Å²) >= 11 is -0.505. The van der Waals surface area contributed by atoms with Gasteiger partial charge in [0.25, 0.3) is 0 Å². The summed E-state index contributed by atoms with van der Waals surface area (Å²) in [6.45, 7) is 0. The number of allylic oxidation sites excluding steroid dienone is 4. The number of nitrogens with zero attached hydrogens (tertiary/aromatic N) is 1. The summed E-state index contributed by atoms with van der Waals surface area (Å²) in [4.78, 5) is 0. The molecule has 1 nitrogen and oxygen atoms in total. The molecule has 0 unspecified atom stereocenters. The SMILES string of the molecule is C[N](C)[Hf][C]1=CC=CC1. The maximum absolute atomic E-state index is 2.39. The van der Waals surface area contributed by atoms with Crippen LogP contribution in [0.4, 0.5) is 0 Å². The Bertz CT molecular complexity index is 147. The molecule has 9 heavy (non-hydrogen) atoms. The molecule has 0 bridgehead atoms. The van der Waals surface area contributed by atoms with Crippen molar-refractivity contribution in [3.05, 3.63) is 21.6 Å². The third-order valence-electron chi connectivity index (χ3n) is 1.14. The fourth-order valence-electron chi connectivity index (χ4n) is 0.817. The quantitative estimate of drug-likeness (QED) is 0.694. The van der Waals surface area contributed by atoms with Gasteiger partial charge in [-0.2, -0.15) is 0 Å². The van der Waals surface area contributed by atoms with Crippen molar-refractivity contribution in [2.75, 3.05) is 14.1 Å². The first-order valence-corrected chi connectivity index (χ1v) is 6.49. The molecule has 0 N–H and O–H groups in total. The van der Waals surface area contributed by atoms with Crippen LogP contribution in [0.2, 0.25) is 0 Å². The predicted molar refractivity (Wildman–Crippen MR) is 35.5 cm³/mol. The maximum atomic E-state index is 2.39. The molecule has 0 aromatic carbocycles. The fourth-order valence-corrected chi connectivity index (χ4v) is 4.25. The second-order valence-corrected chi connectivity index (χ2v) is 8.65. The Morgan fingerprint density at radius 1 is 1.56 bits per heavy atom. The van der Waals surface area contributed by atoms with E-state index < -0.39 is 23.2 Å². The van der Waals surface area contributed by atoms with Gasteiger partial charge in [0.2, 0.25) is 0 Å². The summed E-state index contributed by atoms with van der Waals surface area (Å²) in [6.07, 6.45) is 7.93. The molecular weight excluding hydrogens is 277 g/mol. The Hall–Kier alpha value is 0.310.